The molecule has 0 aliphatic carbocycles. The summed E-state index contributed by atoms with van der Waals surface area (Å²) in [6.45, 7) is 8.23. The average molecular weight is 157 g/mol. The Hall–Kier alpha value is -0.370. The molecule has 0 N–H and O–H groups in total. The molecule has 0 aliphatic heterocycles. The zero-order valence-electron chi connectivity index (χ0n) is 8.22. The van der Waals surface area contributed by atoms with Crippen molar-refractivity contribution >= 4 is 6.21 Å². The van der Waals surface area contributed by atoms with Crippen LogP contribution in [-0.4, -0.2) is 25.0 Å². The van der Waals surface area contributed by atoms with E-state index in [1.54, 1.807) is 7.11 Å². The Morgan fingerprint density at radius 1 is 1.55 bits per heavy atom. The Labute approximate surface area is 69.7 Å². The third kappa shape index (κ3) is 4.96. The van der Waals surface area contributed by atoms with Crippen LogP contribution in [0.5, 0.6) is 0 Å². The maximum atomic E-state index is 5.16. The highest BCUT2D eigenvalue weighted by Gasteiger charge is 2.18. The predicted octanol–water partition coefficient (Wildman–Crippen LogP) is 2.28. The van der Waals surface area contributed by atoms with Gasteiger partial charge in [-0.3, -0.25) is 4.99 Å². The van der Waals surface area contributed by atoms with Crippen molar-refractivity contribution in [1.82, 2.24) is 0 Å². The van der Waals surface area contributed by atoms with Gasteiger partial charge in [0, 0.05) is 7.11 Å². The van der Waals surface area contributed by atoms with Crippen LogP contribution in [0.3, 0.4) is 0 Å². The lowest BCUT2D eigenvalue weighted by Gasteiger charge is -2.22. The lowest BCUT2D eigenvalue weighted by Crippen LogP contribution is -2.24. The van der Waals surface area contributed by atoms with Crippen molar-refractivity contribution < 1.29 is 4.74 Å². The number of hydrogen-bond donors (Lipinski definition) is 0. The first-order valence-electron chi connectivity index (χ1n) is 4.04. The minimum absolute atomic E-state index is 0.0180. The summed E-state index contributed by atoms with van der Waals surface area (Å²) in [7, 11) is 1.73. The summed E-state index contributed by atoms with van der Waals surface area (Å²) >= 11 is 0. The van der Waals surface area contributed by atoms with E-state index in [9.17, 15) is 0 Å². The number of nitrogens with zero attached hydrogens (tertiary/aromatic N) is 1. The van der Waals surface area contributed by atoms with Crippen LogP contribution >= 0.6 is 0 Å². The van der Waals surface area contributed by atoms with E-state index in [1.807, 2.05) is 13.1 Å². The van der Waals surface area contributed by atoms with Gasteiger partial charge in [-0.25, -0.2) is 0 Å². The highest BCUT2D eigenvalue weighted by atomic mass is 16.5. The van der Waals surface area contributed by atoms with E-state index < -0.39 is 0 Å². The van der Waals surface area contributed by atoms with Crippen LogP contribution in [0.1, 0.15) is 34.1 Å². The van der Waals surface area contributed by atoms with Crippen molar-refractivity contribution in [2.24, 2.45) is 4.99 Å². The van der Waals surface area contributed by atoms with Gasteiger partial charge in [0.05, 0.1) is 11.6 Å². The molecule has 0 bridgehead atoms. The van der Waals surface area contributed by atoms with Crippen LogP contribution in [0.15, 0.2) is 4.99 Å². The second-order valence-corrected chi connectivity index (χ2v) is 3.45. The third-order valence-electron chi connectivity index (χ3n) is 1.67. The molecule has 1 unspecified atom stereocenters. The summed E-state index contributed by atoms with van der Waals surface area (Å²) in [6.07, 6.45) is 3.10. The summed E-state index contributed by atoms with van der Waals surface area (Å²) in [5, 5.41) is 0. The number of hydrogen-bond acceptors (Lipinski definition) is 2. The molecule has 0 radical (unpaired) electrons. The average Bonchev–Trinajstić information content (AvgIpc) is 1.86. The van der Waals surface area contributed by atoms with Crippen molar-refractivity contribution in [1.29, 1.82) is 0 Å². The summed E-state index contributed by atoms with van der Waals surface area (Å²) in [5.74, 6) is 0. The zero-order valence-corrected chi connectivity index (χ0v) is 8.22. The topological polar surface area (TPSA) is 21.6 Å². The molecular weight excluding hydrogens is 138 g/mol. The van der Waals surface area contributed by atoms with Gasteiger partial charge in [0.2, 0.25) is 0 Å². The lowest BCUT2D eigenvalue weighted by atomic mass is 9.98. The second kappa shape index (κ2) is 4.50. The minimum atomic E-state index is 0.0180. The van der Waals surface area contributed by atoms with Gasteiger partial charge in [-0.15, -0.1) is 0 Å². The third-order valence-corrected chi connectivity index (χ3v) is 1.67. The van der Waals surface area contributed by atoms with E-state index >= 15 is 0 Å². The molecule has 1 atom stereocenters. The van der Waals surface area contributed by atoms with E-state index in [0.717, 1.165) is 6.42 Å². The maximum Gasteiger partial charge on any atom is 0.0572 e. The van der Waals surface area contributed by atoms with E-state index in [4.69, 9.17) is 4.74 Å². The van der Waals surface area contributed by atoms with E-state index in [1.165, 1.54) is 0 Å². The molecule has 0 aromatic carbocycles. The number of methoxy groups -OCH3 is 1. The van der Waals surface area contributed by atoms with Crippen molar-refractivity contribution in [3.05, 3.63) is 0 Å². The molecule has 0 rings (SSSR count). The molecule has 0 aromatic heterocycles. The van der Waals surface area contributed by atoms with Crippen LogP contribution in [0.4, 0.5) is 0 Å². The van der Waals surface area contributed by atoms with Gasteiger partial charge in [0.1, 0.15) is 0 Å². The molecule has 66 valence electrons. The summed E-state index contributed by atoms with van der Waals surface area (Å²) in [4.78, 5) is 4.34. The Morgan fingerprint density at radius 2 is 2.09 bits per heavy atom. The molecule has 0 fully saturated rings. The molecule has 0 saturated heterocycles. The first-order valence-corrected chi connectivity index (χ1v) is 4.04. The number of rotatable bonds is 4. The molecule has 11 heavy (non-hydrogen) atoms. The summed E-state index contributed by atoms with van der Waals surface area (Å²) in [6, 6.07) is 0. The molecule has 0 heterocycles. The zero-order chi connectivity index (χ0) is 8.91. The predicted molar refractivity (Wildman–Crippen MR) is 49.3 cm³/mol. The Morgan fingerprint density at radius 3 is 2.45 bits per heavy atom. The van der Waals surface area contributed by atoms with E-state index in [-0.39, 0.29) is 11.6 Å². The van der Waals surface area contributed by atoms with Gasteiger partial charge < -0.3 is 4.74 Å². The maximum absolute atomic E-state index is 5.16. The van der Waals surface area contributed by atoms with Gasteiger partial charge in [0.15, 0.2) is 0 Å². The van der Waals surface area contributed by atoms with Crippen molar-refractivity contribution in [3.63, 3.8) is 0 Å². The highest BCUT2D eigenvalue weighted by Crippen LogP contribution is 2.17. The minimum Gasteiger partial charge on any atom is -0.382 e. The highest BCUT2D eigenvalue weighted by molar-refractivity contribution is 5.54. The van der Waals surface area contributed by atoms with Crippen molar-refractivity contribution in [2.45, 2.75) is 45.8 Å². The van der Waals surface area contributed by atoms with Gasteiger partial charge in [0.25, 0.3) is 0 Å². The molecule has 0 aliphatic rings. The van der Waals surface area contributed by atoms with Gasteiger partial charge in [-0.05, 0) is 40.3 Å². The van der Waals surface area contributed by atoms with Crippen LogP contribution in [0, 0.1) is 0 Å². The molecule has 0 aromatic rings. The molecule has 2 heteroatoms. The Kier molecular flexibility index (Phi) is 4.34. The normalized spacial score (nSPS) is 15.7. The van der Waals surface area contributed by atoms with Crippen LogP contribution in [0.2, 0.25) is 0 Å². The van der Waals surface area contributed by atoms with Crippen LogP contribution < -0.4 is 0 Å². The van der Waals surface area contributed by atoms with Crippen LogP contribution in [-0.2, 0) is 4.74 Å². The van der Waals surface area contributed by atoms with Crippen molar-refractivity contribution in [2.75, 3.05) is 7.11 Å². The molecule has 0 spiro atoms. The molecular formula is C9H19NO. The summed E-state index contributed by atoms with van der Waals surface area (Å²) in [5.41, 5.74) is 0.0180. The Balaban J connectivity index is 3.90. The van der Waals surface area contributed by atoms with Crippen LogP contribution in [0.25, 0.3) is 0 Å². The molecule has 2 nitrogen and oxygen atoms in total. The molecule has 0 saturated carbocycles. The van der Waals surface area contributed by atoms with Gasteiger partial charge >= 0.3 is 0 Å². The second-order valence-electron chi connectivity index (χ2n) is 3.45. The first kappa shape index (κ1) is 10.6. The monoisotopic (exact) mass is 157 g/mol. The fourth-order valence-corrected chi connectivity index (χ4v) is 1.19. The largest absolute Gasteiger partial charge is 0.382 e. The van der Waals surface area contributed by atoms with Gasteiger partial charge in [-0.2, -0.15) is 0 Å². The quantitative estimate of drug-likeness (QED) is 0.574. The number of aliphatic imine (C=N–C) groups is 1. The smallest absolute Gasteiger partial charge is 0.0572 e. The fraction of sp³-hybridized carbons (Fsp3) is 0.889. The first-order chi connectivity index (χ1) is 5.02. The SMILES string of the molecule is CC=NC(C)(C)CC(C)OC. The number of ether oxygens (including phenoxy) is 1. The molecule has 0 amide bonds. The standard InChI is InChI=1S/C9H19NO/c1-6-10-9(3,4)7-8(2)11-5/h6,8H,7H2,1-5H3. The Bertz CT molecular complexity index is 130. The van der Waals surface area contributed by atoms with E-state index in [0.29, 0.717) is 0 Å². The van der Waals surface area contributed by atoms with E-state index in [2.05, 4.69) is 25.8 Å². The van der Waals surface area contributed by atoms with Gasteiger partial charge in [-0.1, -0.05) is 0 Å². The summed E-state index contributed by atoms with van der Waals surface area (Å²) < 4.78 is 5.16. The van der Waals surface area contributed by atoms with Crippen molar-refractivity contribution in [3.8, 4) is 0 Å². The lowest BCUT2D eigenvalue weighted by molar-refractivity contribution is 0.0945. The fourth-order valence-electron chi connectivity index (χ4n) is 1.19.